The molecule has 0 saturated heterocycles. The van der Waals surface area contributed by atoms with Crippen LogP contribution in [0.15, 0.2) is 76.2 Å². The first-order valence-electron chi connectivity index (χ1n) is 7.69. The van der Waals surface area contributed by atoms with Gasteiger partial charge in [0.25, 0.3) is 0 Å². The molecule has 1 heterocycles. The molecule has 0 bridgehead atoms. The Labute approximate surface area is 145 Å². The third kappa shape index (κ3) is 4.00. The molecule has 0 aliphatic carbocycles. The maximum absolute atomic E-state index is 5.67. The van der Waals surface area contributed by atoms with Crippen LogP contribution in [0.2, 0.25) is 0 Å². The van der Waals surface area contributed by atoms with Crippen molar-refractivity contribution in [1.29, 1.82) is 0 Å². The fraction of sp³-hybridized carbons (Fsp3) is 0.158. The number of ether oxygens (including phenoxy) is 1. The molecule has 1 aromatic heterocycles. The molecule has 0 radical (unpaired) electrons. The standard InChI is InChI=1S/C19H19N3OS/c1-15(13-23-17-11-7-4-8-12-17)20-21-19-22(2)18(14-24-19)16-9-5-3-6-10-16/h3-12,14H,13H2,1-2H3/b20-15+,21-19+. The predicted octanol–water partition coefficient (Wildman–Crippen LogP) is 4.11. The Morgan fingerprint density at radius 1 is 1.04 bits per heavy atom. The van der Waals surface area contributed by atoms with Gasteiger partial charge in [-0.25, -0.2) is 0 Å². The number of hydrogen-bond donors (Lipinski definition) is 0. The fourth-order valence-corrected chi connectivity index (χ4v) is 3.05. The smallest absolute Gasteiger partial charge is 0.210 e. The Hall–Kier alpha value is -2.66. The second-order valence-corrected chi connectivity index (χ2v) is 6.20. The van der Waals surface area contributed by atoms with Crippen LogP contribution in [0.4, 0.5) is 0 Å². The normalized spacial score (nSPS) is 12.4. The Morgan fingerprint density at radius 3 is 2.42 bits per heavy atom. The highest BCUT2D eigenvalue weighted by atomic mass is 32.1. The Bertz CT molecular complexity index is 880. The Morgan fingerprint density at radius 2 is 1.71 bits per heavy atom. The zero-order valence-corrected chi connectivity index (χ0v) is 14.5. The van der Waals surface area contributed by atoms with Gasteiger partial charge in [-0.3, -0.25) is 0 Å². The maximum Gasteiger partial charge on any atom is 0.210 e. The van der Waals surface area contributed by atoms with E-state index in [-0.39, 0.29) is 0 Å². The van der Waals surface area contributed by atoms with Crippen molar-refractivity contribution < 1.29 is 4.74 Å². The highest BCUT2D eigenvalue weighted by Crippen LogP contribution is 2.18. The summed E-state index contributed by atoms with van der Waals surface area (Å²) in [4.78, 5) is 0.855. The zero-order valence-electron chi connectivity index (χ0n) is 13.7. The van der Waals surface area contributed by atoms with Gasteiger partial charge in [-0.05, 0) is 24.6 Å². The van der Waals surface area contributed by atoms with E-state index in [0.29, 0.717) is 6.61 Å². The minimum absolute atomic E-state index is 0.425. The molecule has 0 fully saturated rings. The number of para-hydroxylation sites is 1. The van der Waals surface area contributed by atoms with Crippen molar-refractivity contribution in [2.45, 2.75) is 6.92 Å². The maximum atomic E-state index is 5.67. The molecule has 0 N–H and O–H groups in total. The van der Waals surface area contributed by atoms with Crippen LogP contribution in [0.25, 0.3) is 11.3 Å². The van der Waals surface area contributed by atoms with Crippen LogP contribution in [0.1, 0.15) is 6.92 Å². The lowest BCUT2D eigenvalue weighted by Crippen LogP contribution is -2.12. The van der Waals surface area contributed by atoms with Crippen LogP contribution in [0.5, 0.6) is 5.75 Å². The quantitative estimate of drug-likeness (QED) is 0.510. The summed E-state index contributed by atoms with van der Waals surface area (Å²) >= 11 is 1.58. The fourth-order valence-electron chi connectivity index (χ4n) is 2.19. The Balaban J connectivity index is 1.73. The first kappa shape index (κ1) is 16.2. The molecule has 5 heteroatoms. The molecule has 0 atom stereocenters. The molecule has 2 aromatic carbocycles. The van der Waals surface area contributed by atoms with Crippen molar-refractivity contribution in [3.8, 4) is 17.0 Å². The monoisotopic (exact) mass is 337 g/mol. The van der Waals surface area contributed by atoms with E-state index in [1.165, 1.54) is 5.56 Å². The molecule has 0 amide bonds. The summed E-state index contributed by atoms with van der Waals surface area (Å²) in [5, 5.41) is 10.7. The highest BCUT2D eigenvalue weighted by molar-refractivity contribution is 7.07. The van der Waals surface area contributed by atoms with Crippen LogP contribution < -0.4 is 9.54 Å². The minimum atomic E-state index is 0.425. The molecule has 0 saturated carbocycles. The van der Waals surface area contributed by atoms with Gasteiger partial charge in [-0.15, -0.1) is 16.4 Å². The van der Waals surface area contributed by atoms with Crippen LogP contribution in [0, 0.1) is 0 Å². The van der Waals surface area contributed by atoms with Gasteiger partial charge in [0.2, 0.25) is 4.80 Å². The van der Waals surface area contributed by atoms with Crippen LogP contribution in [-0.2, 0) is 7.05 Å². The van der Waals surface area contributed by atoms with E-state index in [1.807, 2.05) is 62.5 Å². The van der Waals surface area contributed by atoms with Crippen LogP contribution in [0.3, 0.4) is 0 Å². The molecule has 0 unspecified atom stereocenters. The molecule has 122 valence electrons. The van der Waals surface area contributed by atoms with E-state index >= 15 is 0 Å². The number of aromatic nitrogens is 1. The summed E-state index contributed by atoms with van der Waals surface area (Å²) in [5.41, 5.74) is 3.13. The molecule has 0 aliphatic heterocycles. The topological polar surface area (TPSA) is 38.9 Å². The number of nitrogens with zero attached hydrogens (tertiary/aromatic N) is 3. The van der Waals surface area contributed by atoms with E-state index in [0.717, 1.165) is 22.0 Å². The third-order valence-electron chi connectivity index (χ3n) is 3.49. The summed E-state index contributed by atoms with van der Waals surface area (Å²) in [7, 11) is 2.00. The van der Waals surface area contributed by atoms with Crippen molar-refractivity contribution in [3.05, 3.63) is 70.8 Å². The van der Waals surface area contributed by atoms with Crippen molar-refractivity contribution in [1.82, 2.24) is 4.57 Å². The minimum Gasteiger partial charge on any atom is -0.488 e. The summed E-state index contributed by atoms with van der Waals surface area (Å²) in [6, 6.07) is 20.0. The highest BCUT2D eigenvalue weighted by Gasteiger charge is 2.03. The zero-order chi connectivity index (χ0) is 16.8. The SMILES string of the molecule is C/C(COc1ccccc1)=N\N=c1\scc(-c2ccccc2)n1C. The summed E-state index contributed by atoms with van der Waals surface area (Å²) in [6.45, 7) is 2.34. The largest absolute Gasteiger partial charge is 0.488 e. The van der Waals surface area contributed by atoms with E-state index in [4.69, 9.17) is 4.74 Å². The van der Waals surface area contributed by atoms with Gasteiger partial charge in [0, 0.05) is 12.4 Å². The number of hydrogen-bond acceptors (Lipinski definition) is 4. The number of rotatable bonds is 5. The van der Waals surface area contributed by atoms with Gasteiger partial charge < -0.3 is 9.30 Å². The van der Waals surface area contributed by atoms with Crippen molar-refractivity contribution in [2.24, 2.45) is 17.3 Å². The van der Waals surface area contributed by atoms with Gasteiger partial charge in [0.15, 0.2) is 0 Å². The van der Waals surface area contributed by atoms with E-state index in [2.05, 4.69) is 32.3 Å². The molecule has 3 rings (SSSR count). The van der Waals surface area contributed by atoms with Gasteiger partial charge >= 0.3 is 0 Å². The first-order chi connectivity index (χ1) is 11.7. The van der Waals surface area contributed by atoms with Crippen LogP contribution >= 0.6 is 11.3 Å². The first-order valence-corrected chi connectivity index (χ1v) is 8.57. The van der Waals surface area contributed by atoms with Crippen molar-refractivity contribution in [3.63, 3.8) is 0 Å². The van der Waals surface area contributed by atoms with Crippen molar-refractivity contribution in [2.75, 3.05) is 6.61 Å². The lowest BCUT2D eigenvalue weighted by molar-refractivity contribution is 0.375. The predicted molar refractivity (Wildman–Crippen MR) is 99.3 cm³/mol. The molecular weight excluding hydrogens is 318 g/mol. The van der Waals surface area contributed by atoms with Gasteiger partial charge in [-0.2, -0.15) is 5.10 Å². The molecule has 4 nitrogen and oxygen atoms in total. The molecular formula is C19H19N3OS. The lowest BCUT2D eigenvalue weighted by atomic mass is 10.2. The Kier molecular flexibility index (Phi) is 5.23. The van der Waals surface area contributed by atoms with Crippen LogP contribution in [-0.4, -0.2) is 16.9 Å². The van der Waals surface area contributed by atoms with Gasteiger partial charge in [-0.1, -0.05) is 48.5 Å². The van der Waals surface area contributed by atoms with Gasteiger partial charge in [0.1, 0.15) is 12.4 Å². The van der Waals surface area contributed by atoms with Crippen molar-refractivity contribution >= 4 is 17.0 Å². The number of benzene rings is 2. The van der Waals surface area contributed by atoms with E-state index < -0.39 is 0 Å². The van der Waals surface area contributed by atoms with Gasteiger partial charge in [0.05, 0.1) is 11.4 Å². The van der Waals surface area contributed by atoms with E-state index in [9.17, 15) is 0 Å². The summed E-state index contributed by atoms with van der Waals surface area (Å²) in [5.74, 6) is 0.833. The number of thiazole rings is 1. The second kappa shape index (κ2) is 7.75. The van der Waals surface area contributed by atoms with E-state index in [1.54, 1.807) is 11.3 Å². The lowest BCUT2D eigenvalue weighted by Gasteiger charge is -2.04. The molecule has 3 aromatic rings. The second-order valence-electron chi connectivity index (χ2n) is 5.37. The molecule has 24 heavy (non-hydrogen) atoms. The average Bonchev–Trinajstić information content (AvgIpc) is 3.00. The molecule has 0 aliphatic rings. The molecule has 0 spiro atoms. The third-order valence-corrected chi connectivity index (χ3v) is 4.40. The summed E-state index contributed by atoms with van der Waals surface area (Å²) < 4.78 is 7.72. The average molecular weight is 337 g/mol. The summed E-state index contributed by atoms with van der Waals surface area (Å²) in [6.07, 6.45) is 0.